The largest absolute Gasteiger partial charge is 0.455 e. The number of thioether (sulfide) groups is 1. The highest BCUT2D eigenvalue weighted by Crippen LogP contribution is 2.23. The minimum absolute atomic E-state index is 0.0459. The number of benzene rings is 1. The summed E-state index contributed by atoms with van der Waals surface area (Å²) < 4.78 is 4.95. The van der Waals surface area contributed by atoms with Crippen molar-refractivity contribution in [1.29, 1.82) is 0 Å². The number of rotatable bonds is 5. The SMILES string of the molecule is Cc1cc(SCC(=O)OCC(=O)N2CCNC2=O)nc2ccccc12. The van der Waals surface area contributed by atoms with Crippen LogP contribution in [0.25, 0.3) is 10.9 Å². The van der Waals surface area contributed by atoms with Crippen LogP contribution in [0.4, 0.5) is 4.79 Å². The second kappa shape index (κ2) is 7.52. The normalized spacial score (nSPS) is 13.8. The molecule has 7 nitrogen and oxygen atoms in total. The molecule has 25 heavy (non-hydrogen) atoms. The third-order valence-electron chi connectivity index (χ3n) is 3.75. The molecule has 1 aromatic carbocycles. The lowest BCUT2D eigenvalue weighted by Gasteiger charge is -2.12. The number of fused-ring (bicyclic) bond motifs is 1. The molecule has 0 aliphatic carbocycles. The van der Waals surface area contributed by atoms with Crippen molar-refractivity contribution in [2.24, 2.45) is 0 Å². The summed E-state index contributed by atoms with van der Waals surface area (Å²) >= 11 is 1.25. The molecular formula is C17H17N3O4S. The van der Waals surface area contributed by atoms with E-state index < -0.39 is 24.5 Å². The van der Waals surface area contributed by atoms with Crippen molar-refractivity contribution in [3.63, 3.8) is 0 Å². The molecule has 0 saturated carbocycles. The van der Waals surface area contributed by atoms with Crippen LogP contribution < -0.4 is 5.32 Å². The number of urea groups is 1. The number of hydrogen-bond donors (Lipinski definition) is 1. The van der Waals surface area contributed by atoms with Crippen LogP contribution >= 0.6 is 11.8 Å². The first-order valence-electron chi connectivity index (χ1n) is 7.77. The standard InChI is InChI=1S/C17H17N3O4S/c1-11-8-14(19-13-5-3-2-4-12(11)13)25-10-16(22)24-9-15(21)20-7-6-18-17(20)23/h2-5,8H,6-7,9-10H2,1H3,(H,18,23). The predicted molar refractivity (Wildman–Crippen MR) is 93.3 cm³/mol. The number of hydrogen-bond acceptors (Lipinski definition) is 6. The molecule has 2 aromatic rings. The molecule has 0 radical (unpaired) electrons. The number of carbonyl (C=O) groups excluding carboxylic acids is 3. The maximum absolute atomic E-state index is 11.8. The van der Waals surface area contributed by atoms with Crippen LogP contribution in [0.1, 0.15) is 5.56 Å². The van der Waals surface area contributed by atoms with Gasteiger partial charge in [0.2, 0.25) is 0 Å². The molecule has 1 N–H and O–H groups in total. The topological polar surface area (TPSA) is 88.6 Å². The smallest absolute Gasteiger partial charge is 0.324 e. The van der Waals surface area contributed by atoms with E-state index >= 15 is 0 Å². The summed E-state index contributed by atoms with van der Waals surface area (Å²) in [7, 11) is 0. The summed E-state index contributed by atoms with van der Waals surface area (Å²) in [4.78, 5) is 40.5. The molecule has 8 heteroatoms. The second-order valence-corrected chi connectivity index (χ2v) is 6.52. The zero-order valence-electron chi connectivity index (χ0n) is 13.7. The summed E-state index contributed by atoms with van der Waals surface area (Å²) in [5.41, 5.74) is 1.95. The average Bonchev–Trinajstić information content (AvgIpc) is 3.04. The highest BCUT2D eigenvalue weighted by molar-refractivity contribution is 7.99. The maximum Gasteiger partial charge on any atom is 0.324 e. The van der Waals surface area contributed by atoms with Gasteiger partial charge in [0.1, 0.15) is 0 Å². The van der Waals surface area contributed by atoms with Crippen LogP contribution in [0.15, 0.2) is 35.4 Å². The number of nitrogens with zero attached hydrogens (tertiary/aromatic N) is 2. The third-order valence-corrected chi connectivity index (χ3v) is 4.64. The highest BCUT2D eigenvalue weighted by atomic mass is 32.2. The van der Waals surface area contributed by atoms with Gasteiger partial charge in [-0.1, -0.05) is 30.0 Å². The van der Waals surface area contributed by atoms with Gasteiger partial charge in [0, 0.05) is 18.5 Å². The fraction of sp³-hybridized carbons (Fsp3) is 0.294. The molecule has 1 fully saturated rings. The zero-order valence-corrected chi connectivity index (χ0v) is 14.5. The summed E-state index contributed by atoms with van der Waals surface area (Å²) in [6, 6.07) is 9.26. The van der Waals surface area contributed by atoms with Gasteiger partial charge in [-0.3, -0.25) is 14.5 Å². The van der Waals surface area contributed by atoms with Gasteiger partial charge in [-0.2, -0.15) is 0 Å². The number of esters is 1. The van der Waals surface area contributed by atoms with Crippen LogP contribution in [0.2, 0.25) is 0 Å². The van der Waals surface area contributed by atoms with Crippen molar-refractivity contribution in [3.05, 3.63) is 35.9 Å². The van der Waals surface area contributed by atoms with Crippen molar-refractivity contribution in [2.75, 3.05) is 25.4 Å². The summed E-state index contributed by atoms with van der Waals surface area (Å²) in [6.45, 7) is 2.27. The number of pyridine rings is 1. The lowest BCUT2D eigenvalue weighted by atomic mass is 10.1. The van der Waals surface area contributed by atoms with E-state index in [1.54, 1.807) is 0 Å². The fourth-order valence-corrected chi connectivity index (χ4v) is 3.27. The number of imide groups is 1. The molecule has 3 rings (SSSR count). The number of nitrogens with one attached hydrogen (secondary N) is 1. The second-order valence-electron chi connectivity index (χ2n) is 5.52. The number of aromatic nitrogens is 1. The molecule has 0 bridgehead atoms. The van der Waals surface area contributed by atoms with Crippen molar-refractivity contribution < 1.29 is 19.1 Å². The third kappa shape index (κ3) is 4.08. The first-order chi connectivity index (χ1) is 12.0. The minimum Gasteiger partial charge on any atom is -0.455 e. The number of para-hydroxylation sites is 1. The highest BCUT2D eigenvalue weighted by Gasteiger charge is 2.26. The van der Waals surface area contributed by atoms with E-state index in [1.165, 1.54) is 11.8 Å². The molecule has 0 spiro atoms. The van der Waals surface area contributed by atoms with Gasteiger partial charge in [0.15, 0.2) is 6.61 Å². The Labute approximate surface area is 148 Å². The van der Waals surface area contributed by atoms with Gasteiger partial charge in [-0.25, -0.2) is 9.78 Å². The van der Waals surface area contributed by atoms with Gasteiger partial charge in [0.25, 0.3) is 5.91 Å². The first-order valence-corrected chi connectivity index (χ1v) is 8.76. The van der Waals surface area contributed by atoms with Crippen molar-refractivity contribution in [2.45, 2.75) is 11.9 Å². The Morgan fingerprint density at radius 3 is 2.92 bits per heavy atom. The number of carbonyl (C=O) groups is 3. The summed E-state index contributed by atoms with van der Waals surface area (Å²) in [5.74, 6) is -0.997. The van der Waals surface area contributed by atoms with Crippen molar-refractivity contribution >= 4 is 40.6 Å². The van der Waals surface area contributed by atoms with Gasteiger partial charge in [-0.15, -0.1) is 0 Å². The fourth-order valence-electron chi connectivity index (χ4n) is 2.50. The molecule has 3 amide bonds. The van der Waals surface area contributed by atoms with Gasteiger partial charge in [-0.05, 0) is 24.6 Å². The average molecular weight is 359 g/mol. The van der Waals surface area contributed by atoms with E-state index in [-0.39, 0.29) is 5.75 Å². The Balaban J connectivity index is 1.52. The van der Waals surface area contributed by atoms with E-state index in [0.717, 1.165) is 26.4 Å². The van der Waals surface area contributed by atoms with Crippen LogP contribution in [-0.2, 0) is 14.3 Å². The molecule has 2 heterocycles. The number of amides is 3. The molecule has 0 unspecified atom stereocenters. The Bertz CT molecular complexity index is 840. The molecule has 1 aliphatic rings. The minimum atomic E-state index is -0.523. The quantitative estimate of drug-likeness (QED) is 0.646. The lowest BCUT2D eigenvalue weighted by molar-refractivity contribution is -0.148. The van der Waals surface area contributed by atoms with Crippen LogP contribution in [0.3, 0.4) is 0 Å². The molecule has 1 aromatic heterocycles. The monoisotopic (exact) mass is 359 g/mol. The van der Waals surface area contributed by atoms with E-state index in [0.29, 0.717) is 13.1 Å². The van der Waals surface area contributed by atoms with E-state index in [2.05, 4.69) is 10.3 Å². The van der Waals surface area contributed by atoms with E-state index in [4.69, 9.17) is 4.74 Å². The van der Waals surface area contributed by atoms with Crippen LogP contribution in [0.5, 0.6) is 0 Å². The zero-order chi connectivity index (χ0) is 17.8. The molecule has 1 saturated heterocycles. The first kappa shape index (κ1) is 17.2. The van der Waals surface area contributed by atoms with E-state index in [1.807, 2.05) is 37.3 Å². The van der Waals surface area contributed by atoms with Gasteiger partial charge in [0.05, 0.1) is 16.3 Å². The molecule has 1 aliphatic heterocycles. The van der Waals surface area contributed by atoms with E-state index in [9.17, 15) is 14.4 Å². The molecule has 0 atom stereocenters. The molecular weight excluding hydrogens is 342 g/mol. The summed E-state index contributed by atoms with van der Waals surface area (Å²) in [5, 5.41) is 4.31. The van der Waals surface area contributed by atoms with Gasteiger partial charge < -0.3 is 10.1 Å². The predicted octanol–water partition coefficient (Wildman–Crippen LogP) is 1.73. The van der Waals surface area contributed by atoms with Crippen LogP contribution in [-0.4, -0.2) is 53.2 Å². The van der Waals surface area contributed by atoms with Crippen molar-refractivity contribution in [1.82, 2.24) is 15.2 Å². The lowest BCUT2D eigenvalue weighted by Crippen LogP contribution is -2.37. The number of ether oxygens (including phenoxy) is 1. The Morgan fingerprint density at radius 1 is 1.36 bits per heavy atom. The Kier molecular flexibility index (Phi) is 5.18. The Morgan fingerprint density at radius 2 is 2.16 bits per heavy atom. The molecule has 130 valence electrons. The summed E-state index contributed by atoms with van der Waals surface area (Å²) in [6.07, 6.45) is 0. The number of aryl methyl sites for hydroxylation is 1. The van der Waals surface area contributed by atoms with Crippen molar-refractivity contribution in [3.8, 4) is 0 Å². The van der Waals surface area contributed by atoms with Gasteiger partial charge >= 0.3 is 12.0 Å². The maximum atomic E-state index is 11.8. The van der Waals surface area contributed by atoms with Crippen LogP contribution in [0, 0.1) is 6.92 Å². The Hall–Kier alpha value is -2.61.